The normalized spacial score (nSPS) is 11.8. The van der Waals surface area contributed by atoms with Gasteiger partial charge in [-0.15, -0.1) is 11.3 Å². The van der Waals surface area contributed by atoms with E-state index in [1.165, 1.54) is 11.3 Å². The Labute approximate surface area is 136 Å². The SMILES string of the molecule is CCOC(=O)C(Nc1ccc(OC)cc1)c1ccc(Br)s1. The molecule has 0 spiro atoms. The molecule has 0 aliphatic carbocycles. The number of rotatable bonds is 6. The molecule has 0 saturated heterocycles. The van der Waals surface area contributed by atoms with Crippen molar-refractivity contribution >= 4 is 38.9 Å². The number of thiophene rings is 1. The summed E-state index contributed by atoms with van der Waals surface area (Å²) < 4.78 is 11.2. The van der Waals surface area contributed by atoms with Crippen molar-refractivity contribution in [1.82, 2.24) is 0 Å². The fraction of sp³-hybridized carbons (Fsp3) is 0.267. The number of benzene rings is 1. The molecule has 6 heteroatoms. The summed E-state index contributed by atoms with van der Waals surface area (Å²) in [7, 11) is 1.62. The Kier molecular flexibility index (Phi) is 5.64. The summed E-state index contributed by atoms with van der Waals surface area (Å²) in [5.74, 6) is 0.481. The zero-order valence-electron chi connectivity index (χ0n) is 11.8. The zero-order valence-corrected chi connectivity index (χ0v) is 14.2. The fourth-order valence-corrected chi connectivity index (χ4v) is 3.27. The number of esters is 1. The van der Waals surface area contributed by atoms with Crippen LogP contribution in [-0.4, -0.2) is 19.7 Å². The first-order valence-electron chi connectivity index (χ1n) is 6.46. The maximum atomic E-state index is 12.2. The van der Waals surface area contributed by atoms with E-state index < -0.39 is 6.04 Å². The number of carbonyl (C=O) groups excluding carboxylic acids is 1. The summed E-state index contributed by atoms with van der Waals surface area (Å²) in [5, 5.41) is 3.20. The Morgan fingerprint density at radius 1 is 1.29 bits per heavy atom. The van der Waals surface area contributed by atoms with Gasteiger partial charge in [0.05, 0.1) is 17.5 Å². The van der Waals surface area contributed by atoms with Crippen molar-refractivity contribution in [3.8, 4) is 5.75 Å². The van der Waals surface area contributed by atoms with Crippen molar-refractivity contribution in [2.45, 2.75) is 13.0 Å². The van der Waals surface area contributed by atoms with Crippen molar-refractivity contribution in [3.63, 3.8) is 0 Å². The second-order valence-corrected chi connectivity index (χ2v) is 6.69. The highest BCUT2D eigenvalue weighted by Gasteiger charge is 2.23. The molecule has 0 aliphatic heterocycles. The minimum Gasteiger partial charge on any atom is -0.497 e. The Morgan fingerprint density at radius 3 is 2.52 bits per heavy atom. The van der Waals surface area contributed by atoms with Gasteiger partial charge in [-0.05, 0) is 59.3 Å². The van der Waals surface area contributed by atoms with Crippen LogP contribution in [0.15, 0.2) is 40.2 Å². The third kappa shape index (κ3) is 4.22. The fourth-order valence-electron chi connectivity index (χ4n) is 1.81. The molecule has 1 atom stereocenters. The molecule has 0 saturated carbocycles. The third-order valence-corrected chi connectivity index (χ3v) is 4.49. The lowest BCUT2D eigenvalue weighted by Gasteiger charge is -2.17. The second-order valence-electron chi connectivity index (χ2n) is 4.20. The van der Waals surface area contributed by atoms with E-state index in [0.717, 1.165) is 20.1 Å². The average Bonchev–Trinajstić information content (AvgIpc) is 2.92. The topological polar surface area (TPSA) is 47.6 Å². The number of ether oxygens (including phenoxy) is 2. The molecule has 2 aromatic rings. The Bertz CT molecular complexity index is 597. The summed E-state index contributed by atoms with van der Waals surface area (Å²) in [6.45, 7) is 2.15. The molecule has 0 fully saturated rings. The predicted molar refractivity (Wildman–Crippen MR) is 88.0 cm³/mol. The summed E-state index contributed by atoms with van der Waals surface area (Å²) in [6.07, 6.45) is 0. The molecule has 4 nitrogen and oxygen atoms in total. The molecule has 0 amide bonds. The van der Waals surface area contributed by atoms with Crippen LogP contribution in [0.2, 0.25) is 0 Å². The monoisotopic (exact) mass is 369 g/mol. The van der Waals surface area contributed by atoms with Crippen molar-refractivity contribution in [1.29, 1.82) is 0 Å². The van der Waals surface area contributed by atoms with Gasteiger partial charge in [0.1, 0.15) is 5.75 Å². The molecule has 0 bridgehead atoms. The van der Waals surface area contributed by atoms with Crippen LogP contribution < -0.4 is 10.1 Å². The summed E-state index contributed by atoms with van der Waals surface area (Å²) >= 11 is 4.92. The molecular formula is C15H16BrNO3S. The number of hydrogen-bond acceptors (Lipinski definition) is 5. The summed E-state index contributed by atoms with van der Waals surface area (Å²) in [5.41, 5.74) is 0.832. The molecule has 112 valence electrons. The highest BCUT2D eigenvalue weighted by molar-refractivity contribution is 9.11. The van der Waals surface area contributed by atoms with Crippen LogP contribution in [0.1, 0.15) is 17.8 Å². The highest BCUT2D eigenvalue weighted by Crippen LogP contribution is 2.30. The predicted octanol–water partition coefficient (Wildman–Crippen LogP) is 4.24. The Hall–Kier alpha value is -1.53. The van der Waals surface area contributed by atoms with Gasteiger partial charge in [-0.3, -0.25) is 0 Å². The lowest BCUT2D eigenvalue weighted by Crippen LogP contribution is -2.22. The number of hydrogen-bond donors (Lipinski definition) is 1. The molecule has 0 radical (unpaired) electrons. The lowest BCUT2D eigenvalue weighted by atomic mass is 10.2. The van der Waals surface area contributed by atoms with Crippen LogP contribution in [0.25, 0.3) is 0 Å². The number of carbonyl (C=O) groups is 1. The van der Waals surface area contributed by atoms with Gasteiger partial charge >= 0.3 is 5.97 Å². The van der Waals surface area contributed by atoms with E-state index in [2.05, 4.69) is 21.2 Å². The van der Waals surface area contributed by atoms with Gasteiger partial charge in [-0.2, -0.15) is 0 Å². The van der Waals surface area contributed by atoms with Crippen LogP contribution in [0.5, 0.6) is 5.75 Å². The average molecular weight is 370 g/mol. The van der Waals surface area contributed by atoms with Gasteiger partial charge in [0.15, 0.2) is 6.04 Å². The molecular weight excluding hydrogens is 354 g/mol. The molecule has 1 unspecified atom stereocenters. The second kappa shape index (κ2) is 7.47. The van der Waals surface area contributed by atoms with Gasteiger partial charge in [0.25, 0.3) is 0 Å². The summed E-state index contributed by atoms with van der Waals surface area (Å²) in [6, 6.07) is 10.7. The molecule has 1 aromatic heterocycles. The van der Waals surface area contributed by atoms with Crippen LogP contribution >= 0.6 is 27.3 Å². The van der Waals surface area contributed by atoms with Gasteiger partial charge < -0.3 is 14.8 Å². The molecule has 1 N–H and O–H groups in total. The van der Waals surface area contributed by atoms with Gasteiger partial charge in [0, 0.05) is 10.6 Å². The molecule has 21 heavy (non-hydrogen) atoms. The maximum Gasteiger partial charge on any atom is 0.334 e. The van der Waals surface area contributed by atoms with Crippen LogP contribution in [0.4, 0.5) is 5.69 Å². The number of anilines is 1. The Balaban J connectivity index is 2.20. The maximum absolute atomic E-state index is 12.2. The minimum absolute atomic E-state index is 0.289. The van der Waals surface area contributed by atoms with E-state index in [1.54, 1.807) is 14.0 Å². The van der Waals surface area contributed by atoms with Crippen molar-refractivity contribution in [2.75, 3.05) is 19.0 Å². The Morgan fingerprint density at radius 2 is 2.00 bits per heavy atom. The van der Waals surface area contributed by atoms with E-state index in [1.807, 2.05) is 36.4 Å². The quantitative estimate of drug-likeness (QED) is 0.773. The first kappa shape index (κ1) is 15.9. The zero-order chi connectivity index (χ0) is 15.2. The first-order valence-corrected chi connectivity index (χ1v) is 8.07. The van der Waals surface area contributed by atoms with Crippen LogP contribution in [0.3, 0.4) is 0 Å². The van der Waals surface area contributed by atoms with E-state index in [4.69, 9.17) is 9.47 Å². The first-order chi connectivity index (χ1) is 10.1. The van der Waals surface area contributed by atoms with Gasteiger partial charge in [-0.1, -0.05) is 0 Å². The smallest absolute Gasteiger partial charge is 0.334 e. The minimum atomic E-state index is -0.519. The largest absolute Gasteiger partial charge is 0.497 e. The lowest BCUT2D eigenvalue weighted by molar-refractivity contribution is -0.144. The number of methoxy groups -OCH3 is 1. The molecule has 1 heterocycles. The van der Waals surface area contributed by atoms with E-state index in [0.29, 0.717) is 6.61 Å². The third-order valence-electron chi connectivity index (χ3n) is 2.80. The van der Waals surface area contributed by atoms with Crippen LogP contribution in [0, 0.1) is 0 Å². The molecule has 0 aliphatic rings. The van der Waals surface area contributed by atoms with Crippen molar-refractivity contribution in [2.24, 2.45) is 0 Å². The van der Waals surface area contributed by atoms with E-state index in [9.17, 15) is 4.79 Å². The van der Waals surface area contributed by atoms with Crippen molar-refractivity contribution in [3.05, 3.63) is 45.1 Å². The highest BCUT2D eigenvalue weighted by atomic mass is 79.9. The van der Waals surface area contributed by atoms with E-state index >= 15 is 0 Å². The van der Waals surface area contributed by atoms with Crippen LogP contribution in [-0.2, 0) is 9.53 Å². The summed E-state index contributed by atoms with van der Waals surface area (Å²) in [4.78, 5) is 13.1. The molecule has 1 aromatic carbocycles. The van der Waals surface area contributed by atoms with E-state index in [-0.39, 0.29) is 5.97 Å². The number of nitrogens with one attached hydrogen (secondary N) is 1. The standard InChI is InChI=1S/C15H16BrNO3S/c1-3-20-15(18)14(12-8-9-13(16)21-12)17-10-4-6-11(19-2)7-5-10/h4-9,14,17H,3H2,1-2H3. The van der Waals surface area contributed by atoms with Crippen molar-refractivity contribution < 1.29 is 14.3 Å². The molecule has 2 rings (SSSR count). The van der Waals surface area contributed by atoms with Gasteiger partial charge in [-0.25, -0.2) is 4.79 Å². The van der Waals surface area contributed by atoms with Gasteiger partial charge in [0.2, 0.25) is 0 Å². The number of halogens is 1.